The summed E-state index contributed by atoms with van der Waals surface area (Å²) in [7, 11) is 0. The van der Waals surface area contributed by atoms with Crippen LogP contribution >= 0.6 is 0 Å². The Hall–Kier alpha value is -4.44. The van der Waals surface area contributed by atoms with Gasteiger partial charge in [-0.15, -0.1) is 0 Å². The molecule has 1 atom stereocenters. The van der Waals surface area contributed by atoms with Crippen LogP contribution in [0, 0.1) is 5.41 Å². The van der Waals surface area contributed by atoms with E-state index >= 15 is 0 Å². The zero-order chi connectivity index (χ0) is 28.3. The lowest BCUT2D eigenvalue weighted by Gasteiger charge is -2.28. The quantitative estimate of drug-likeness (QED) is 0.212. The highest BCUT2D eigenvalue weighted by atomic mass is 15.5. The number of aromatic nitrogens is 2. The Kier molecular flexibility index (Phi) is 4.79. The summed E-state index contributed by atoms with van der Waals surface area (Å²) in [5.41, 5.74) is 12.2. The van der Waals surface area contributed by atoms with Gasteiger partial charge < -0.3 is 4.40 Å². The van der Waals surface area contributed by atoms with Gasteiger partial charge in [0, 0.05) is 39.4 Å². The Morgan fingerprint density at radius 1 is 0.756 bits per heavy atom. The van der Waals surface area contributed by atoms with Gasteiger partial charge in [-0.05, 0) is 35.2 Å². The van der Waals surface area contributed by atoms with E-state index in [0.29, 0.717) is 0 Å². The zero-order valence-corrected chi connectivity index (χ0v) is 24.6. The third-order valence-electron chi connectivity index (χ3n) is 8.75. The first-order chi connectivity index (χ1) is 19.6. The van der Waals surface area contributed by atoms with Gasteiger partial charge in [-0.2, -0.15) is 4.58 Å². The average Bonchev–Trinajstić information content (AvgIpc) is 3.32. The smallest absolute Gasteiger partial charge is 0.302 e. The van der Waals surface area contributed by atoms with E-state index in [4.69, 9.17) is 4.98 Å². The van der Waals surface area contributed by atoms with Crippen LogP contribution in [0.1, 0.15) is 63.9 Å². The van der Waals surface area contributed by atoms with Gasteiger partial charge in [-0.25, -0.2) is 4.98 Å². The standard InChI is InChI=1S/C37H35N4/c1-36(2,3)31-20-24-14-8-10-16-26(24)34-38-29(21-39(31)34)27-17-11-12-18-28(27)30-22-40-32(37(4,5)6)19-23-13-7-9-15-25(23)33-35(40)41(30)33/h7-22,35H,1-6H3/q+1. The van der Waals surface area contributed by atoms with E-state index in [1.165, 1.54) is 50.3 Å². The van der Waals surface area contributed by atoms with Gasteiger partial charge >= 0.3 is 6.17 Å². The van der Waals surface area contributed by atoms with Gasteiger partial charge in [-0.3, -0.25) is 4.90 Å². The van der Waals surface area contributed by atoms with E-state index in [1.54, 1.807) is 0 Å². The molecule has 0 aliphatic carbocycles. The van der Waals surface area contributed by atoms with Crippen molar-refractivity contribution in [2.75, 3.05) is 0 Å². The number of pyridine rings is 1. The predicted octanol–water partition coefficient (Wildman–Crippen LogP) is 8.31. The first-order valence-electron chi connectivity index (χ1n) is 14.6. The molecule has 0 fully saturated rings. The third-order valence-corrected chi connectivity index (χ3v) is 8.75. The molecule has 0 bridgehead atoms. The Bertz CT molecular complexity index is 2020. The van der Waals surface area contributed by atoms with Crippen LogP contribution in [0.3, 0.4) is 0 Å². The summed E-state index contributed by atoms with van der Waals surface area (Å²) in [6.07, 6.45) is 7.23. The number of rotatable bonds is 2. The molecule has 0 radical (unpaired) electrons. The van der Waals surface area contributed by atoms with Crippen molar-refractivity contribution in [1.29, 1.82) is 0 Å². The maximum Gasteiger partial charge on any atom is 0.324 e. The van der Waals surface area contributed by atoms with Crippen LogP contribution in [0.2, 0.25) is 0 Å². The second kappa shape index (κ2) is 8.07. The lowest BCUT2D eigenvalue weighted by atomic mass is 9.89. The minimum atomic E-state index is -0.0244. The van der Waals surface area contributed by atoms with Gasteiger partial charge in [0.2, 0.25) is 5.70 Å². The molecule has 0 saturated heterocycles. The Morgan fingerprint density at radius 3 is 2.20 bits per heavy atom. The molecule has 3 aliphatic heterocycles. The second-order valence-corrected chi connectivity index (χ2v) is 13.6. The fraction of sp³-hybridized carbons (Fsp3) is 0.243. The second-order valence-electron chi connectivity index (χ2n) is 13.6. The molecule has 41 heavy (non-hydrogen) atoms. The van der Waals surface area contributed by atoms with Crippen LogP contribution in [0.5, 0.6) is 0 Å². The minimum Gasteiger partial charge on any atom is -0.302 e. The highest BCUT2D eigenvalue weighted by Crippen LogP contribution is 2.48. The van der Waals surface area contributed by atoms with Crippen LogP contribution in [0.15, 0.2) is 97.0 Å². The Labute approximate surface area is 241 Å². The molecule has 5 aromatic rings. The number of imidazole rings is 1. The molecule has 8 rings (SSSR count). The fourth-order valence-corrected chi connectivity index (χ4v) is 6.75. The van der Waals surface area contributed by atoms with Crippen molar-refractivity contribution >= 4 is 33.9 Å². The Balaban J connectivity index is 1.34. The first-order valence-corrected chi connectivity index (χ1v) is 14.6. The van der Waals surface area contributed by atoms with E-state index in [9.17, 15) is 0 Å². The predicted molar refractivity (Wildman–Crippen MR) is 169 cm³/mol. The van der Waals surface area contributed by atoms with Crippen molar-refractivity contribution in [2.45, 2.75) is 53.1 Å². The maximum absolute atomic E-state index is 5.32. The minimum absolute atomic E-state index is 0.00823. The van der Waals surface area contributed by atoms with Gasteiger partial charge in [0.1, 0.15) is 5.65 Å². The summed E-state index contributed by atoms with van der Waals surface area (Å²) in [5.74, 6) is 0. The lowest BCUT2D eigenvalue weighted by Crippen LogP contribution is -2.29. The molecule has 4 heteroatoms. The van der Waals surface area contributed by atoms with Crippen molar-refractivity contribution in [3.63, 3.8) is 0 Å². The molecule has 5 heterocycles. The normalized spacial score (nSPS) is 17.9. The summed E-state index contributed by atoms with van der Waals surface area (Å²) < 4.78 is 4.83. The van der Waals surface area contributed by atoms with Crippen molar-refractivity contribution in [3.05, 3.63) is 119 Å². The molecule has 0 saturated carbocycles. The Morgan fingerprint density at radius 2 is 1.44 bits per heavy atom. The number of hydrogen-bond acceptors (Lipinski definition) is 2. The van der Waals surface area contributed by atoms with Crippen molar-refractivity contribution in [1.82, 2.24) is 14.3 Å². The number of hydrogen-bond donors (Lipinski definition) is 0. The van der Waals surface area contributed by atoms with Crippen LogP contribution in [0.25, 0.3) is 39.5 Å². The summed E-state index contributed by atoms with van der Waals surface area (Å²) in [4.78, 5) is 7.82. The van der Waals surface area contributed by atoms with Crippen LogP contribution in [-0.2, 0) is 5.41 Å². The number of allylic oxidation sites excluding steroid dienone is 1. The zero-order valence-electron chi connectivity index (χ0n) is 24.6. The molecule has 1 unspecified atom stereocenters. The monoisotopic (exact) mass is 535 g/mol. The van der Waals surface area contributed by atoms with E-state index in [-0.39, 0.29) is 17.0 Å². The van der Waals surface area contributed by atoms with Crippen LogP contribution < -0.4 is 0 Å². The van der Waals surface area contributed by atoms with Crippen LogP contribution in [-0.4, -0.2) is 30.7 Å². The summed E-state index contributed by atoms with van der Waals surface area (Å²) in [6, 6.07) is 28.5. The molecular formula is C37H35N4+. The number of nitrogens with zero attached hydrogens (tertiary/aromatic N) is 4. The van der Waals surface area contributed by atoms with E-state index in [1.807, 2.05) is 0 Å². The highest BCUT2D eigenvalue weighted by Gasteiger charge is 2.63. The van der Waals surface area contributed by atoms with Crippen molar-refractivity contribution < 1.29 is 4.58 Å². The molecule has 0 spiro atoms. The molecule has 202 valence electrons. The van der Waals surface area contributed by atoms with Gasteiger partial charge in [-0.1, -0.05) is 102 Å². The fourth-order valence-electron chi connectivity index (χ4n) is 6.75. The summed E-state index contributed by atoms with van der Waals surface area (Å²) in [5, 5.41) is 2.41. The van der Waals surface area contributed by atoms with Gasteiger partial charge in [0.05, 0.1) is 23.0 Å². The summed E-state index contributed by atoms with van der Waals surface area (Å²) >= 11 is 0. The van der Waals surface area contributed by atoms with E-state index in [2.05, 4.69) is 153 Å². The topological polar surface area (TPSA) is 23.6 Å². The molecule has 3 aromatic carbocycles. The average molecular weight is 536 g/mol. The van der Waals surface area contributed by atoms with Crippen molar-refractivity contribution in [3.8, 4) is 11.3 Å². The maximum atomic E-state index is 5.32. The van der Waals surface area contributed by atoms with Crippen LogP contribution in [0.4, 0.5) is 0 Å². The molecule has 2 aromatic heterocycles. The molecule has 3 aliphatic rings. The van der Waals surface area contributed by atoms with Gasteiger partial charge in [0.25, 0.3) is 5.71 Å². The van der Waals surface area contributed by atoms with E-state index < -0.39 is 0 Å². The molecular weight excluding hydrogens is 500 g/mol. The molecule has 4 nitrogen and oxygen atoms in total. The first kappa shape index (κ1) is 24.4. The SMILES string of the molecule is CC(C)(C)C1=Cc2ccccc2C2=[N+]3C(c4ccccc4-c4cn5c(C(C)(C)C)cc6ccccc6c5n4)=CN1C23. The van der Waals surface area contributed by atoms with Gasteiger partial charge in [0.15, 0.2) is 0 Å². The number of fused-ring (bicyclic) bond motifs is 5. The largest absolute Gasteiger partial charge is 0.324 e. The third kappa shape index (κ3) is 3.53. The summed E-state index contributed by atoms with van der Waals surface area (Å²) in [6.45, 7) is 13.8. The van der Waals surface area contributed by atoms with Crippen molar-refractivity contribution in [2.24, 2.45) is 5.41 Å². The molecule has 0 amide bonds. The lowest BCUT2D eigenvalue weighted by molar-refractivity contribution is -0.376. The van der Waals surface area contributed by atoms with E-state index in [0.717, 1.165) is 16.9 Å². The molecule has 0 N–H and O–H groups in total. The highest BCUT2D eigenvalue weighted by molar-refractivity contribution is 6.12. The number of benzene rings is 3.